The number of amides is 2. The molecule has 0 radical (unpaired) electrons. The Balaban J connectivity index is 1.60. The molecule has 1 heterocycles. The van der Waals surface area contributed by atoms with E-state index >= 15 is 0 Å². The number of carbonyl (C=O) groups excluding carboxylic acids is 2. The van der Waals surface area contributed by atoms with Gasteiger partial charge in [0.1, 0.15) is 0 Å². The molecule has 5 nitrogen and oxygen atoms in total. The van der Waals surface area contributed by atoms with Crippen molar-refractivity contribution >= 4 is 11.8 Å². The highest BCUT2D eigenvalue weighted by molar-refractivity contribution is 5.89. The molecule has 0 spiro atoms. The van der Waals surface area contributed by atoms with Crippen molar-refractivity contribution in [1.82, 2.24) is 15.5 Å². The number of nitrogens with zero attached hydrogens (tertiary/aromatic N) is 1. The van der Waals surface area contributed by atoms with Gasteiger partial charge in [-0.1, -0.05) is 25.7 Å². The van der Waals surface area contributed by atoms with Crippen molar-refractivity contribution < 1.29 is 9.59 Å². The molecule has 1 saturated heterocycles. The first-order valence-electron chi connectivity index (χ1n) is 8.49. The van der Waals surface area contributed by atoms with Crippen molar-refractivity contribution in [2.24, 2.45) is 5.92 Å². The van der Waals surface area contributed by atoms with E-state index in [9.17, 15) is 9.59 Å². The Labute approximate surface area is 127 Å². The first kappa shape index (κ1) is 16.3. The summed E-state index contributed by atoms with van der Waals surface area (Å²) in [6, 6.07) is 0.619. The van der Waals surface area contributed by atoms with Crippen molar-refractivity contribution in [2.75, 3.05) is 26.2 Å². The molecule has 2 rings (SSSR count). The predicted octanol–water partition coefficient (Wildman–Crippen LogP) is 1.28. The van der Waals surface area contributed by atoms with Gasteiger partial charge in [-0.25, -0.2) is 0 Å². The number of rotatable bonds is 6. The summed E-state index contributed by atoms with van der Waals surface area (Å²) in [5, 5.41) is 6.51. The van der Waals surface area contributed by atoms with Gasteiger partial charge in [0.05, 0.1) is 5.92 Å². The molecule has 0 bridgehead atoms. The second kappa shape index (κ2) is 8.37. The first-order chi connectivity index (χ1) is 10.2. The molecule has 0 aromatic carbocycles. The number of hydrogen-bond donors (Lipinski definition) is 2. The lowest BCUT2D eigenvalue weighted by molar-refractivity contribution is -0.128. The van der Waals surface area contributed by atoms with Gasteiger partial charge in [-0.05, 0) is 19.8 Å². The van der Waals surface area contributed by atoms with E-state index in [2.05, 4.69) is 10.6 Å². The van der Waals surface area contributed by atoms with Crippen LogP contribution in [0.15, 0.2) is 0 Å². The Hall–Kier alpha value is -1.10. The Kier molecular flexibility index (Phi) is 6.49. The summed E-state index contributed by atoms with van der Waals surface area (Å²) in [6.45, 7) is 4.72. The summed E-state index contributed by atoms with van der Waals surface area (Å²) in [4.78, 5) is 25.4. The average molecular weight is 295 g/mol. The van der Waals surface area contributed by atoms with Crippen molar-refractivity contribution in [2.45, 2.75) is 57.9 Å². The normalized spacial score (nSPS) is 24.1. The molecule has 2 aliphatic rings. The van der Waals surface area contributed by atoms with Crippen LogP contribution in [0, 0.1) is 5.92 Å². The highest BCUT2D eigenvalue weighted by atomic mass is 16.2. The molecule has 1 aliphatic carbocycles. The molecule has 1 aliphatic heterocycles. The maximum Gasteiger partial charge on any atom is 0.225 e. The average Bonchev–Trinajstić information content (AvgIpc) is 2.70. The standard InChI is InChI=1S/C16H29N3O2/c1-2-19-12-13(11-15(19)20)16(21)18-10-9-17-14-7-5-3-4-6-8-14/h13-14,17H,2-12H2,1H3,(H,18,21). The van der Waals surface area contributed by atoms with Crippen molar-refractivity contribution in [3.63, 3.8) is 0 Å². The first-order valence-corrected chi connectivity index (χ1v) is 8.49. The van der Waals surface area contributed by atoms with Crippen LogP contribution in [0.3, 0.4) is 0 Å². The van der Waals surface area contributed by atoms with Crippen LogP contribution in [-0.4, -0.2) is 48.9 Å². The minimum absolute atomic E-state index is 0.0296. The van der Waals surface area contributed by atoms with Crippen LogP contribution in [0.2, 0.25) is 0 Å². The van der Waals surface area contributed by atoms with E-state index in [0.29, 0.717) is 32.1 Å². The lowest BCUT2D eigenvalue weighted by Crippen LogP contribution is -2.39. The summed E-state index contributed by atoms with van der Waals surface area (Å²) >= 11 is 0. The highest BCUT2D eigenvalue weighted by Gasteiger charge is 2.32. The fourth-order valence-corrected chi connectivity index (χ4v) is 3.34. The third-order valence-corrected chi connectivity index (χ3v) is 4.68. The molecule has 1 unspecified atom stereocenters. The summed E-state index contributed by atoms with van der Waals surface area (Å²) in [6.07, 6.45) is 8.25. The van der Waals surface area contributed by atoms with E-state index < -0.39 is 0 Å². The van der Waals surface area contributed by atoms with Crippen LogP contribution in [0.1, 0.15) is 51.9 Å². The summed E-state index contributed by atoms with van der Waals surface area (Å²) in [5.41, 5.74) is 0. The second-order valence-corrected chi connectivity index (χ2v) is 6.27. The van der Waals surface area contributed by atoms with Crippen LogP contribution in [-0.2, 0) is 9.59 Å². The van der Waals surface area contributed by atoms with Crippen LogP contribution >= 0.6 is 0 Å². The Bertz CT molecular complexity index is 351. The molecular formula is C16H29N3O2. The van der Waals surface area contributed by atoms with Gasteiger partial charge >= 0.3 is 0 Å². The molecule has 2 amide bonds. The molecule has 5 heteroatoms. The van der Waals surface area contributed by atoms with Gasteiger partial charge in [0.25, 0.3) is 0 Å². The Morgan fingerprint density at radius 1 is 1.19 bits per heavy atom. The minimum atomic E-state index is -0.157. The van der Waals surface area contributed by atoms with E-state index in [1.165, 1.54) is 38.5 Å². The maximum absolute atomic E-state index is 12.0. The predicted molar refractivity (Wildman–Crippen MR) is 82.9 cm³/mol. The summed E-state index contributed by atoms with van der Waals surface area (Å²) < 4.78 is 0. The van der Waals surface area contributed by atoms with Gasteiger partial charge in [0.15, 0.2) is 0 Å². The molecule has 1 saturated carbocycles. The van der Waals surface area contributed by atoms with E-state index in [-0.39, 0.29) is 17.7 Å². The lowest BCUT2D eigenvalue weighted by Gasteiger charge is -2.17. The number of nitrogens with one attached hydrogen (secondary N) is 2. The Morgan fingerprint density at radius 2 is 1.90 bits per heavy atom. The Morgan fingerprint density at radius 3 is 2.52 bits per heavy atom. The number of likely N-dealkylation sites (tertiary alicyclic amines) is 1. The maximum atomic E-state index is 12.0. The number of carbonyl (C=O) groups is 2. The van der Waals surface area contributed by atoms with Crippen LogP contribution in [0.5, 0.6) is 0 Å². The largest absolute Gasteiger partial charge is 0.355 e. The SMILES string of the molecule is CCN1CC(C(=O)NCCNC2CCCCCC2)CC1=O. The van der Waals surface area contributed by atoms with E-state index in [4.69, 9.17) is 0 Å². The molecule has 0 aromatic heterocycles. The molecular weight excluding hydrogens is 266 g/mol. The van der Waals surface area contributed by atoms with Gasteiger partial charge in [0, 0.05) is 38.6 Å². The molecule has 120 valence electrons. The zero-order valence-electron chi connectivity index (χ0n) is 13.2. The fraction of sp³-hybridized carbons (Fsp3) is 0.875. The topological polar surface area (TPSA) is 61.4 Å². The lowest BCUT2D eigenvalue weighted by atomic mass is 10.1. The van der Waals surface area contributed by atoms with Gasteiger partial charge in [-0.2, -0.15) is 0 Å². The molecule has 1 atom stereocenters. The summed E-state index contributed by atoms with van der Waals surface area (Å²) in [7, 11) is 0. The quantitative estimate of drug-likeness (QED) is 0.573. The molecule has 2 fully saturated rings. The fourth-order valence-electron chi connectivity index (χ4n) is 3.34. The molecule has 2 N–H and O–H groups in total. The third kappa shape index (κ3) is 4.99. The van der Waals surface area contributed by atoms with Gasteiger partial charge in [0.2, 0.25) is 11.8 Å². The summed E-state index contributed by atoms with van der Waals surface area (Å²) in [5.74, 6) is -0.0217. The van der Waals surface area contributed by atoms with Crippen molar-refractivity contribution in [3.8, 4) is 0 Å². The van der Waals surface area contributed by atoms with E-state index in [0.717, 1.165) is 6.54 Å². The third-order valence-electron chi connectivity index (χ3n) is 4.68. The van der Waals surface area contributed by atoms with Crippen molar-refractivity contribution in [3.05, 3.63) is 0 Å². The highest BCUT2D eigenvalue weighted by Crippen LogP contribution is 2.18. The van der Waals surface area contributed by atoms with Crippen LogP contribution < -0.4 is 10.6 Å². The van der Waals surface area contributed by atoms with Gasteiger partial charge in [-0.15, -0.1) is 0 Å². The van der Waals surface area contributed by atoms with Gasteiger partial charge in [-0.3, -0.25) is 9.59 Å². The monoisotopic (exact) mass is 295 g/mol. The molecule has 21 heavy (non-hydrogen) atoms. The van der Waals surface area contributed by atoms with Crippen LogP contribution in [0.25, 0.3) is 0 Å². The zero-order chi connectivity index (χ0) is 15.1. The molecule has 0 aromatic rings. The van der Waals surface area contributed by atoms with Gasteiger partial charge < -0.3 is 15.5 Å². The van der Waals surface area contributed by atoms with Crippen molar-refractivity contribution in [1.29, 1.82) is 0 Å². The smallest absolute Gasteiger partial charge is 0.225 e. The van der Waals surface area contributed by atoms with E-state index in [1.807, 2.05) is 6.92 Å². The number of hydrogen-bond acceptors (Lipinski definition) is 3. The minimum Gasteiger partial charge on any atom is -0.355 e. The van der Waals surface area contributed by atoms with Crippen LogP contribution in [0.4, 0.5) is 0 Å². The second-order valence-electron chi connectivity index (χ2n) is 6.27. The zero-order valence-corrected chi connectivity index (χ0v) is 13.2. The van der Waals surface area contributed by atoms with E-state index in [1.54, 1.807) is 4.90 Å².